The van der Waals surface area contributed by atoms with Gasteiger partial charge in [0.2, 0.25) is 5.91 Å². The van der Waals surface area contributed by atoms with Crippen molar-refractivity contribution >= 4 is 5.91 Å². The van der Waals surface area contributed by atoms with Crippen LogP contribution in [0.25, 0.3) is 0 Å². The van der Waals surface area contributed by atoms with Crippen molar-refractivity contribution in [2.75, 3.05) is 19.6 Å². The van der Waals surface area contributed by atoms with Gasteiger partial charge in [0.05, 0.1) is 0 Å². The number of carbonyl (C=O) groups excluding carboxylic acids is 1. The zero-order chi connectivity index (χ0) is 13.2. The van der Waals surface area contributed by atoms with Crippen LogP contribution in [0.3, 0.4) is 0 Å². The average molecular weight is 264 g/mol. The molecule has 3 aliphatic rings. The first kappa shape index (κ1) is 13.4. The van der Waals surface area contributed by atoms with E-state index in [2.05, 4.69) is 17.1 Å². The normalized spacial score (nSPS) is 39.7. The molecule has 2 aliphatic carbocycles. The Morgan fingerprint density at radius 3 is 2.68 bits per heavy atom. The van der Waals surface area contributed by atoms with Crippen LogP contribution in [0.2, 0.25) is 0 Å². The number of hydrogen-bond donors (Lipinski definition) is 1. The summed E-state index contributed by atoms with van der Waals surface area (Å²) in [4.78, 5) is 14.9. The van der Waals surface area contributed by atoms with E-state index < -0.39 is 0 Å². The van der Waals surface area contributed by atoms with Crippen molar-refractivity contribution < 1.29 is 4.79 Å². The van der Waals surface area contributed by atoms with Crippen molar-refractivity contribution in [1.29, 1.82) is 0 Å². The van der Waals surface area contributed by atoms with Crippen molar-refractivity contribution in [2.45, 2.75) is 57.9 Å². The van der Waals surface area contributed by atoms with Crippen molar-refractivity contribution in [3.63, 3.8) is 0 Å². The van der Waals surface area contributed by atoms with Crippen molar-refractivity contribution in [3.05, 3.63) is 0 Å². The van der Waals surface area contributed by atoms with Gasteiger partial charge in [-0.05, 0) is 38.0 Å². The van der Waals surface area contributed by atoms with Gasteiger partial charge < -0.3 is 10.2 Å². The molecular weight excluding hydrogens is 236 g/mol. The zero-order valence-electron chi connectivity index (χ0n) is 12.2. The molecule has 108 valence electrons. The summed E-state index contributed by atoms with van der Waals surface area (Å²) in [6.45, 7) is 5.01. The molecule has 0 aromatic rings. The summed E-state index contributed by atoms with van der Waals surface area (Å²) in [6.07, 6.45) is 9.26. The SMILES string of the molecule is CC1CNCCN1C(=O)C1CCC2CCCCC2C1. The molecule has 1 N–H and O–H groups in total. The van der Waals surface area contributed by atoms with Crippen LogP contribution in [-0.2, 0) is 4.79 Å². The summed E-state index contributed by atoms with van der Waals surface area (Å²) in [5, 5.41) is 3.37. The lowest BCUT2D eigenvalue weighted by Gasteiger charge is -2.42. The largest absolute Gasteiger partial charge is 0.337 e. The molecule has 19 heavy (non-hydrogen) atoms. The topological polar surface area (TPSA) is 32.3 Å². The molecule has 0 bridgehead atoms. The predicted octanol–water partition coefficient (Wildman–Crippen LogP) is 2.41. The molecule has 1 heterocycles. The van der Waals surface area contributed by atoms with Crippen LogP contribution in [-0.4, -0.2) is 36.5 Å². The Morgan fingerprint density at radius 1 is 1.11 bits per heavy atom. The van der Waals surface area contributed by atoms with Gasteiger partial charge in [-0.3, -0.25) is 4.79 Å². The molecule has 1 amide bonds. The number of nitrogens with one attached hydrogen (secondary N) is 1. The highest BCUT2D eigenvalue weighted by atomic mass is 16.2. The Balaban J connectivity index is 1.60. The maximum absolute atomic E-state index is 12.7. The second-order valence-corrected chi connectivity index (χ2v) is 6.90. The maximum atomic E-state index is 12.7. The molecule has 0 spiro atoms. The Bertz CT molecular complexity index is 331. The molecule has 3 nitrogen and oxygen atoms in total. The van der Waals surface area contributed by atoms with Gasteiger partial charge in [-0.2, -0.15) is 0 Å². The van der Waals surface area contributed by atoms with E-state index in [9.17, 15) is 4.79 Å². The number of fused-ring (bicyclic) bond motifs is 1. The summed E-state index contributed by atoms with van der Waals surface area (Å²) in [5.74, 6) is 2.59. The molecular formula is C16H28N2O. The van der Waals surface area contributed by atoms with Crippen LogP contribution in [0, 0.1) is 17.8 Å². The second kappa shape index (κ2) is 5.82. The van der Waals surface area contributed by atoms with Gasteiger partial charge in [0, 0.05) is 31.6 Å². The number of rotatable bonds is 1. The number of piperazine rings is 1. The van der Waals surface area contributed by atoms with E-state index in [0.29, 0.717) is 17.9 Å². The third-order valence-electron chi connectivity index (χ3n) is 5.67. The summed E-state index contributed by atoms with van der Waals surface area (Å²) in [5.41, 5.74) is 0. The zero-order valence-corrected chi connectivity index (χ0v) is 12.2. The van der Waals surface area contributed by atoms with Gasteiger partial charge in [0.15, 0.2) is 0 Å². The van der Waals surface area contributed by atoms with Crippen LogP contribution in [0.5, 0.6) is 0 Å². The van der Waals surface area contributed by atoms with E-state index in [0.717, 1.165) is 37.9 Å². The molecule has 0 aromatic heterocycles. The minimum absolute atomic E-state index is 0.333. The van der Waals surface area contributed by atoms with Crippen molar-refractivity contribution in [2.24, 2.45) is 17.8 Å². The Hall–Kier alpha value is -0.570. The first-order valence-corrected chi connectivity index (χ1v) is 8.27. The Labute approximate surface area is 117 Å². The molecule has 1 saturated heterocycles. The van der Waals surface area contributed by atoms with E-state index in [1.807, 2.05) is 0 Å². The minimum atomic E-state index is 0.333. The lowest BCUT2D eigenvalue weighted by molar-refractivity contribution is -0.140. The highest BCUT2D eigenvalue weighted by Gasteiger charge is 2.37. The third kappa shape index (κ3) is 2.81. The van der Waals surface area contributed by atoms with E-state index in [1.165, 1.54) is 38.5 Å². The standard InChI is InChI=1S/C16H28N2O/c1-12-11-17-8-9-18(12)16(19)15-7-6-13-4-2-3-5-14(13)10-15/h12-15,17H,2-11H2,1H3. The highest BCUT2D eigenvalue weighted by Crippen LogP contribution is 2.43. The highest BCUT2D eigenvalue weighted by molar-refractivity contribution is 5.79. The molecule has 0 radical (unpaired) electrons. The Kier molecular flexibility index (Phi) is 4.11. The molecule has 4 atom stereocenters. The van der Waals surface area contributed by atoms with E-state index in [1.54, 1.807) is 0 Å². The number of carbonyl (C=O) groups is 1. The molecule has 3 rings (SSSR count). The van der Waals surface area contributed by atoms with Gasteiger partial charge in [-0.1, -0.05) is 25.7 Å². The third-order valence-corrected chi connectivity index (χ3v) is 5.67. The number of amides is 1. The smallest absolute Gasteiger partial charge is 0.226 e. The fourth-order valence-electron chi connectivity index (χ4n) is 4.50. The maximum Gasteiger partial charge on any atom is 0.226 e. The lowest BCUT2D eigenvalue weighted by atomic mass is 9.67. The quantitative estimate of drug-likeness (QED) is 0.789. The molecule has 2 saturated carbocycles. The van der Waals surface area contributed by atoms with Gasteiger partial charge >= 0.3 is 0 Å². The first-order valence-electron chi connectivity index (χ1n) is 8.27. The molecule has 3 heteroatoms. The molecule has 3 fully saturated rings. The van der Waals surface area contributed by atoms with Crippen LogP contribution >= 0.6 is 0 Å². The summed E-state index contributed by atoms with van der Waals surface area (Å²) in [6, 6.07) is 0.380. The van der Waals surface area contributed by atoms with Crippen molar-refractivity contribution in [1.82, 2.24) is 10.2 Å². The van der Waals surface area contributed by atoms with E-state index >= 15 is 0 Å². The van der Waals surface area contributed by atoms with Crippen LogP contribution in [0.15, 0.2) is 0 Å². The monoisotopic (exact) mass is 264 g/mol. The summed E-state index contributed by atoms with van der Waals surface area (Å²) < 4.78 is 0. The first-order chi connectivity index (χ1) is 9.25. The average Bonchev–Trinajstić information content (AvgIpc) is 2.46. The van der Waals surface area contributed by atoms with Gasteiger partial charge in [0.25, 0.3) is 0 Å². The predicted molar refractivity (Wildman–Crippen MR) is 76.8 cm³/mol. The number of nitrogens with zero attached hydrogens (tertiary/aromatic N) is 1. The fourth-order valence-corrected chi connectivity index (χ4v) is 4.50. The van der Waals surface area contributed by atoms with Crippen LogP contribution in [0.1, 0.15) is 51.9 Å². The fraction of sp³-hybridized carbons (Fsp3) is 0.938. The molecule has 1 aliphatic heterocycles. The van der Waals surface area contributed by atoms with E-state index in [4.69, 9.17) is 0 Å². The Morgan fingerprint density at radius 2 is 1.89 bits per heavy atom. The van der Waals surface area contributed by atoms with Crippen LogP contribution < -0.4 is 5.32 Å². The molecule has 4 unspecified atom stereocenters. The second-order valence-electron chi connectivity index (χ2n) is 6.90. The minimum Gasteiger partial charge on any atom is -0.337 e. The van der Waals surface area contributed by atoms with Gasteiger partial charge in [-0.25, -0.2) is 0 Å². The van der Waals surface area contributed by atoms with Gasteiger partial charge in [-0.15, -0.1) is 0 Å². The van der Waals surface area contributed by atoms with Crippen LogP contribution in [0.4, 0.5) is 0 Å². The van der Waals surface area contributed by atoms with Crippen molar-refractivity contribution in [3.8, 4) is 0 Å². The van der Waals surface area contributed by atoms with Gasteiger partial charge in [0.1, 0.15) is 0 Å². The lowest BCUT2D eigenvalue weighted by Crippen LogP contribution is -2.54. The summed E-state index contributed by atoms with van der Waals surface area (Å²) in [7, 11) is 0. The van der Waals surface area contributed by atoms with E-state index in [-0.39, 0.29) is 0 Å². The number of hydrogen-bond acceptors (Lipinski definition) is 2. The molecule has 0 aromatic carbocycles. The summed E-state index contributed by atoms with van der Waals surface area (Å²) >= 11 is 0.